The van der Waals surface area contributed by atoms with Gasteiger partial charge in [-0.2, -0.15) is 0 Å². The third kappa shape index (κ3) is 2.62. The normalized spacial score (nSPS) is 20.9. The third-order valence-corrected chi connectivity index (χ3v) is 4.24. The van der Waals surface area contributed by atoms with E-state index in [1.807, 2.05) is 0 Å². The van der Waals surface area contributed by atoms with Crippen molar-refractivity contribution in [1.29, 1.82) is 0 Å². The summed E-state index contributed by atoms with van der Waals surface area (Å²) in [5.41, 5.74) is 11.6. The Balaban J connectivity index is 1.67. The van der Waals surface area contributed by atoms with E-state index in [9.17, 15) is 0 Å². The Labute approximate surface area is 121 Å². The van der Waals surface area contributed by atoms with E-state index in [-0.39, 0.29) is 6.04 Å². The van der Waals surface area contributed by atoms with Crippen LogP contribution in [0.4, 0.5) is 0 Å². The van der Waals surface area contributed by atoms with Crippen LogP contribution >= 0.6 is 0 Å². The maximum Gasteiger partial charge on any atom is 0.0344 e. The topological polar surface area (TPSA) is 38.0 Å². The maximum absolute atomic E-state index is 6.20. The van der Waals surface area contributed by atoms with Crippen molar-refractivity contribution in [2.24, 2.45) is 5.73 Å². The van der Waals surface area contributed by atoms with E-state index in [2.05, 4.69) is 60.8 Å². The zero-order chi connectivity index (χ0) is 13.9. The van der Waals surface area contributed by atoms with Crippen LogP contribution in [0.1, 0.15) is 47.7 Å². The van der Waals surface area contributed by atoms with Crippen molar-refractivity contribution in [2.75, 3.05) is 0 Å². The largest absolute Gasteiger partial charge is 0.324 e. The monoisotopic (exact) mass is 266 g/mol. The lowest BCUT2D eigenvalue weighted by Crippen LogP contribution is -2.19. The smallest absolute Gasteiger partial charge is 0.0344 e. The van der Waals surface area contributed by atoms with Gasteiger partial charge in [-0.3, -0.25) is 0 Å². The molecule has 0 saturated carbocycles. The fourth-order valence-corrected chi connectivity index (χ4v) is 3.00. The fraction of sp³-hybridized carbons (Fsp3) is 0.333. The molecule has 0 bridgehead atoms. The van der Waals surface area contributed by atoms with Gasteiger partial charge in [-0.1, -0.05) is 55.5 Å². The summed E-state index contributed by atoms with van der Waals surface area (Å²) in [6.45, 7) is 3.08. The molecule has 1 aliphatic carbocycles. The molecule has 2 heteroatoms. The van der Waals surface area contributed by atoms with Crippen LogP contribution in [0.3, 0.4) is 0 Å². The predicted molar refractivity (Wildman–Crippen MR) is 83.4 cm³/mol. The summed E-state index contributed by atoms with van der Waals surface area (Å²) >= 11 is 0. The van der Waals surface area contributed by atoms with E-state index in [0.717, 1.165) is 19.4 Å². The molecule has 0 heterocycles. The number of nitrogens with one attached hydrogen (secondary N) is 1. The van der Waals surface area contributed by atoms with Gasteiger partial charge in [-0.05, 0) is 35.1 Å². The van der Waals surface area contributed by atoms with Gasteiger partial charge < -0.3 is 11.1 Å². The van der Waals surface area contributed by atoms with Gasteiger partial charge in [0.15, 0.2) is 0 Å². The number of hydrogen-bond donors (Lipinski definition) is 2. The SMILES string of the molecule is CCc1ccc(CNC2CC(N)c3ccccc32)cc1. The van der Waals surface area contributed by atoms with Crippen LogP contribution in [0.5, 0.6) is 0 Å². The molecule has 0 aromatic heterocycles. The van der Waals surface area contributed by atoms with Crippen LogP contribution in [0, 0.1) is 0 Å². The Bertz CT molecular complexity index is 574. The van der Waals surface area contributed by atoms with Crippen molar-refractivity contribution in [2.45, 2.75) is 38.4 Å². The number of fused-ring (bicyclic) bond motifs is 1. The molecule has 2 unspecified atom stereocenters. The Morgan fingerprint density at radius 3 is 2.35 bits per heavy atom. The quantitative estimate of drug-likeness (QED) is 0.889. The number of aryl methyl sites for hydroxylation is 1. The molecular formula is C18H22N2. The summed E-state index contributed by atoms with van der Waals surface area (Å²) in [5, 5.41) is 3.64. The zero-order valence-corrected chi connectivity index (χ0v) is 12.0. The Kier molecular flexibility index (Phi) is 3.86. The minimum atomic E-state index is 0.172. The second kappa shape index (κ2) is 5.78. The number of benzene rings is 2. The molecule has 0 fully saturated rings. The molecule has 0 spiro atoms. The molecule has 2 aromatic rings. The van der Waals surface area contributed by atoms with Gasteiger partial charge in [0.2, 0.25) is 0 Å². The van der Waals surface area contributed by atoms with E-state index in [1.165, 1.54) is 22.3 Å². The van der Waals surface area contributed by atoms with E-state index >= 15 is 0 Å². The summed E-state index contributed by atoms with van der Waals surface area (Å²) < 4.78 is 0. The summed E-state index contributed by atoms with van der Waals surface area (Å²) in [4.78, 5) is 0. The van der Waals surface area contributed by atoms with Crippen LogP contribution in [0.15, 0.2) is 48.5 Å². The van der Waals surface area contributed by atoms with Crippen LogP contribution < -0.4 is 11.1 Å². The van der Waals surface area contributed by atoms with Crippen molar-refractivity contribution in [3.63, 3.8) is 0 Å². The zero-order valence-electron chi connectivity index (χ0n) is 12.0. The number of hydrogen-bond acceptors (Lipinski definition) is 2. The molecule has 1 aliphatic rings. The molecule has 0 amide bonds. The van der Waals surface area contributed by atoms with Gasteiger partial charge in [-0.15, -0.1) is 0 Å². The first-order valence-corrected chi connectivity index (χ1v) is 7.43. The minimum absolute atomic E-state index is 0.172. The van der Waals surface area contributed by atoms with Gasteiger partial charge >= 0.3 is 0 Å². The molecule has 3 N–H and O–H groups in total. The van der Waals surface area contributed by atoms with E-state index < -0.39 is 0 Å². The van der Waals surface area contributed by atoms with Gasteiger partial charge in [0, 0.05) is 18.6 Å². The van der Waals surface area contributed by atoms with Gasteiger partial charge in [0.1, 0.15) is 0 Å². The molecule has 0 aliphatic heterocycles. The van der Waals surface area contributed by atoms with Crippen molar-refractivity contribution in [3.8, 4) is 0 Å². The molecule has 2 aromatic carbocycles. The second-order valence-corrected chi connectivity index (χ2v) is 5.57. The summed E-state index contributed by atoms with van der Waals surface area (Å²) in [6, 6.07) is 17.9. The highest BCUT2D eigenvalue weighted by molar-refractivity contribution is 5.37. The third-order valence-electron chi connectivity index (χ3n) is 4.24. The van der Waals surface area contributed by atoms with Crippen molar-refractivity contribution in [3.05, 3.63) is 70.8 Å². The van der Waals surface area contributed by atoms with E-state index in [4.69, 9.17) is 5.73 Å². The van der Waals surface area contributed by atoms with Gasteiger partial charge in [0.05, 0.1) is 0 Å². The first-order chi connectivity index (χ1) is 9.78. The summed E-state index contributed by atoms with van der Waals surface area (Å²) in [6.07, 6.45) is 2.09. The molecule has 20 heavy (non-hydrogen) atoms. The fourth-order valence-electron chi connectivity index (χ4n) is 3.00. The van der Waals surface area contributed by atoms with Crippen LogP contribution in [-0.2, 0) is 13.0 Å². The van der Waals surface area contributed by atoms with Gasteiger partial charge in [0.25, 0.3) is 0 Å². The first kappa shape index (κ1) is 13.3. The van der Waals surface area contributed by atoms with Crippen molar-refractivity contribution in [1.82, 2.24) is 5.32 Å². The molecule has 2 nitrogen and oxygen atoms in total. The lowest BCUT2D eigenvalue weighted by molar-refractivity contribution is 0.498. The molecule has 0 saturated heterocycles. The lowest BCUT2D eigenvalue weighted by atomic mass is 10.1. The average Bonchev–Trinajstić information content (AvgIpc) is 2.83. The maximum atomic E-state index is 6.20. The highest BCUT2D eigenvalue weighted by Crippen LogP contribution is 2.36. The molecule has 0 radical (unpaired) electrons. The van der Waals surface area contributed by atoms with Crippen LogP contribution in [-0.4, -0.2) is 0 Å². The van der Waals surface area contributed by atoms with Gasteiger partial charge in [-0.25, -0.2) is 0 Å². The predicted octanol–water partition coefficient (Wildman–Crippen LogP) is 3.48. The standard InChI is InChI=1S/C18H22N2/c1-2-13-7-9-14(10-8-13)12-20-18-11-17(19)15-5-3-4-6-16(15)18/h3-10,17-18,20H,2,11-12,19H2,1H3. The Morgan fingerprint density at radius 2 is 1.65 bits per heavy atom. The molecular weight excluding hydrogens is 244 g/mol. The number of rotatable bonds is 4. The molecule has 104 valence electrons. The second-order valence-electron chi connectivity index (χ2n) is 5.57. The summed E-state index contributed by atoms with van der Waals surface area (Å²) in [5.74, 6) is 0. The van der Waals surface area contributed by atoms with E-state index in [1.54, 1.807) is 0 Å². The van der Waals surface area contributed by atoms with Crippen LogP contribution in [0.2, 0.25) is 0 Å². The van der Waals surface area contributed by atoms with E-state index in [0.29, 0.717) is 6.04 Å². The molecule has 2 atom stereocenters. The minimum Gasteiger partial charge on any atom is -0.324 e. The highest BCUT2D eigenvalue weighted by Gasteiger charge is 2.27. The average molecular weight is 266 g/mol. The lowest BCUT2D eigenvalue weighted by Gasteiger charge is -2.14. The first-order valence-electron chi connectivity index (χ1n) is 7.43. The Morgan fingerprint density at radius 1 is 1.00 bits per heavy atom. The summed E-state index contributed by atoms with van der Waals surface area (Å²) in [7, 11) is 0. The van der Waals surface area contributed by atoms with Crippen molar-refractivity contribution >= 4 is 0 Å². The highest BCUT2D eigenvalue weighted by atomic mass is 14.9. The number of nitrogens with two attached hydrogens (primary N) is 1. The Hall–Kier alpha value is -1.64. The molecule has 3 rings (SSSR count). The van der Waals surface area contributed by atoms with Crippen LogP contribution in [0.25, 0.3) is 0 Å². The van der Waals surface area contributed by atoms with Crippen molar-refractivity contribution < 1.29 is 0 Å².